The van der Waals surface area contributed by atoms with Crippen molar-refractivity contribution in [2.45, 2.75) is 32.0 Å². The van der Waals surface area contributed by atoms with Crippen molar-refractivity contribution in [1.82, 2.24) is 20.2 Å². The van der Waals surface area contributed by atoms with Gasteiger partial charge < -0.3 is 4.90 Å². The van der Waals surface area contributed by atoms with E-state index in [1.54, 1.807) is 15.7 Å². The molecular formula is C17H20N6OS. The fourth-order valence-electron chi connectivity index (χ4n) is 2.41. The highest BCUT2D eigenvalue weighted by molar-refractivity contribution is 7.99. The molecule has 0 saturated carbocycles. The van der Waals surface area contributed by atoms with Gasteiger partial charge in [-0.2, -0.15) is 5.26 Å². The second-order valence-corrected chi connectivity index (χ2v) is 6.46. The third-order valence-electron chi connectivity index (χ3n) is 3.39. The summed E-state index contributed by atoms with van der Waals surface area (Å²) in [7, 11) is 0. The van der Waals surface area contributed by atoms with Crippen molar-refractivity contribution in [3.8, 4) is 6.07 Å². The maximum Gasteiger partial charge on any atom is 0.237 e. The fourth-order valence-corrected chi connectivity index (χ4v) is 3.17. The van der Waals surface area contributed by atoms with E-state index in [-0.39, 0.29) is 18.1 Å². The van der Waals surface area contributed by atoms with Crippen LogP contribution in [0.2, 0.25) is 0 Å². The highest BCUT2D eigenvalue weighted by Crippen LogP contribution is 2.22. The zero-order valence-electron chi connectivity index (χ0n) is 14.3. The van der Waals surface area contributed by atoms with Crippen LogP contribution in [0.15, 0.2) is 36.0 Å². The molecule has 1 amide bonds. The van der Waals surface area contributed by atoms with Gasteiger partial charge in [0.2, 0.25) is 11.1 Å². The number of hydrogen-bond acceptors (Lipinski definition) is 6. The first-order valence-electron chi connectivity index (χ1n) is 7.80. The molecule has 25 heavy (non-hydrogen) atoms. The summed E-state index contributed by atoms with van der Waals surface area (Å²) in [5.74, 6) is 0.106. The van der Waals surface area contributed by atoms with E-state index in [0.717, 1.165) is 16.8 Å². The van der Waals surface area contributed by atoms with Gasteiger partial charge >= 0.3 is 0 Å². The number of rotatable bonds is 8. The van der Waals surface area contributed by atoms with E-state index < -0.39 is 0 Å². The lowest BCUT2D eigenvalue weighted by molar-refractivity contribution is -0.116. The lowest BCUT2D eigenvalue weighted by atomic mass is 10.1. The lowest BCUT2D eigenvalue weighted by Crippen LogP contribution is -2.33. The van der Waals surface area contributed by atoms with Gasteiger partial charge in [0.05, 0.1) is 24.8 Å². The second-order valence-electron chi connectivity index (χ2n) is 5.52. The quantitative estimate of drug-likeness (QED) is 0.533. The van der Waals surface area contributed by atoms with Gasteiger partial charge in [-0.1, -0.05) is 23.9 Å². The Morgan fingerprint density at radius 1 is 1.40 bits per heavy atom. The molecule has 1 heterocycles. The minimum absolute atomic E-state index is 0.0848. The monoisotopic (exact) mass is 356 g/mol. The number of benzene rings is 1. The van der Waals surface area contributed by atoms with Crippen LogP contribution < -0.4 is 4.90 Å². The van der Waals surface area contributed by atoms with Gasteiger partial charge in [0.1, 0.15) is 0 Å². The minimum Gasteiger partial charge on any atom is -0.311 e. The van der Waals surface area contributed by atoms with Crippen molar-refractivity contribution in [2.24, 2.45) is 0 Å². The number of carbonyl (C=O) groups excluding carboxylic acids is 1. The van der Waals surface area contributed by atoms with Crippen molar-refractivity contribution in [2.75, 3.05) is 17.2 Å². The van der Waals surface area contributed by atoms with Crippen molar-refractivity contribution in [1.29, 1.82) is 5.26 Å². The summed E-state index contributed by atoms with van der Waals surface area (Å²) in [4.78, 5) is 14.4. The maximum atomic E-state index is 12.7. The number of nitriles is 1. The Morgan fingerprint density at radius 2 is 2.12 bits per heavy atom. The average molecular weight is 356 g/mol. The van der Waals surface area contributed by atoms with Crippen molar-refractivity contribution >= 4 is 23.4 Å². The summed E-state index contributed by atoms with van der Waals surface area (Å²) in [5, 5.41) is 20.9. The number of aryl methyl sites for hydroxylation is 2. The molecule has 1 aromatic carbocycles. The summed E-state index contributed by atoms with van der Waals surface area (Å²) < 4.78 is 1.58. The maximum absolute atomic E-state index is 12.7. The van der Waals surface area contributed by atoms with Crippen LogP contribution in [-0.4, -0.2) is 38.4 Å². The number of amides is 1. The Kier molecular flexibility index (Phi) is 6.71. The van der Waals surface area contributed by atoms with E-state index in [4.69, 9.17) is 5.26 Å². The molecule has 0 bridgehead atoms. The van der Waals surface area contributed by atoms with E-state index in [1.165, 1.54) is 11.8 Å². The summed E-state index contributed by atoms with van der Waals surface area (Å²) in [6, 6.07) is 8.06. The standard InChI is InChI=1S/C17H20N6OS/c1-4-7-23-17(19-20-21-23)25-12-16(24)22(8-5-6-18)15-10-13(2)9-14(3)11-15/h4,9-11H,1,5,7-8,12H2,2-3H3. The summed E-state index contributed by atoms with van der Waals surface area (Å²) in [5.41, 5.74) is 2.96. The molecule has 0 fully saturated rings. The molecule has 130 valence electrons. The lowest BCUT2D eigenvalue weighted by Gasteiger charge is -2.22. The first kappa shape index (κ1) is 18.7. The average Bonchev–Trinajstić information content (AvgIpc) is 3.00. The number of nitrogens with zero attached hydrogens (tertiary/aromatic N) is 6. The number of tetrazole rings is 1. The Labute approximate surface area is 151 Å². The number of carbonyl (C=O) groups is 1. The molecule has 0 N–H and O–H groups in total. The molecule has 8 heteroatoms. The highest BCUT2D eigenvalue weighted by Gasteiger charge is 2.18. The van der Waals surface area contributed by atoms with E-state index in [9.17, 15) is 4.79 Å². The Bertz CT molecular complexity index is 774. The summed E-state index contributed by atoms with van der Waals surface area (Å²) in [6.45, 7) is 8.48. The smallest absolute Gasteiger partial charge is 0.237 e. The molecule has 1 aromatic heterocycles. The van der Waals surface area contributed by atoms with Crippen LogP contribution >= 0.6 is 11.8 Å². The number of allylic oxidation sites excluding steroid dienone is 1. The molecule has 0 aliphatic carbocycles. The number of hydrogen-bond donors (Lipinski definition) is 0. The Hall–Kier alpha value is -2.66. The van der Waals surface area contributed by atoms with Crippen LogP contribution in [-0.2, 0) is 11.3 Å². The van der Waals surface area contributed by atoms with E-state index in [1.807, 2.05) is 26.0 Å². The normalized spacial score (nSPS) is 10.3. The predicted molar refractivity (Wildman–Crippen MR) is 97.2 cm³/mol. The molecule has 7 nitrogen and oxygen atoms in total. The molecular weight excluding hydrogens is 336 g/mol. The summed E-state index contributed by atoms with van der Waals surface area (Å²) >= 11 is 1.27. The molecule has 0 atom stereocenters. The fraction of sp³-hybridized carbons (Fsp3) is 0.353. The van der Waals surface area contributed by atoms with Crippen LogP contribution in [0.3, 0.4) is 0 Å². The zero-order chi connectivity index (χ0) is 18.2. The van der Waals surface area contributed by atoms with Gasteiger partial charge in [-0.25, -0.2) is 4.68 Å². The van der Waals surface area contributed by atoms with Crippen LogP contribution in [0.5, 0.6) is 0 Å². The predicted octanol–water partition coefficient (Wildman–Crippen LogP) is 2.51. The van der Waals surface area contributed by atoms with Gasteiger partial charge in [-0.3, -0.25) is 4.79 Å². The zero-order valence-corrected chi connectivity index (χ0v) is 15.2. The first-order chi connectivity index (χ1) is 12.0. The molecule has 0 aliphatic heterocycles. The molecule has 0 spiro atoms. The molecule has 0 unspecified atom stereocenters. The molecule has 0 radical (unpaired) electrons. The Morgan fingerprint density at radius 3 is 2.76 bits per heavy atom. The molecule has 2 rings (SSSR count). The van der Waals surface area contributed by atoms with Crippen LogP contribution in [0, 0.1) is 25.2 Å². The summed E-state index contributed by atoms with van der Waals surface area (Å²) in [6.07, 6.45) is 1.97. The van der Waals surface area contributed by atoms with Gasteiger partial charge in [0.15, 0.2) is 0 Å². The molecule has 0 aliphatic rings. The van der Waals surface area contributed by atoms with Gasteiger partial charge in [0, 0.05) is 12.2 Å². The van der Waals surface area contributed by atoms with E-state index >= 15 is 0 Å². The minimum atomic E-state index is -0.0848. The first-order valence-corrected chi connectivity index (χ1v) is 8.79. The SMILES string of the molecule is C=CCn1nnnc1SCC(=O)N(CCC#N)c1cc(C)cc(C)c1. The van der Waals surface area contributed by atoms with Crippen molar-refractivity contribution < 1.29 is 4.79 Å². The van der Waals surface area contributed by atoms with Crippen LogP contribution in [0.25, 0.3) is 0 Å². The number of anilines is 1. The van der Waals surface area contributed by atoms with E-state index in [0.29, 0.717) is 18.2 Å². The number of thioether (sulfide) groups is 1. The largest absolute Gasteiger partial charge is 0.311 e. The van der Waals surface area contributed by atoms with E-state index in [2.05, 4.69) is 34.2 Å². The second kappa shape index (κ2) is 8.99. The van der Waals surface area contributed by atoms with Crippen molar-refractivity contribution in [3.63, 3.8) is 0 Å². The van der Waals surface area contributed by atoms with Gasteiger partial charge in [-0.05, 0) is 47.5 Å². The topological polar surface area (TPSA) is 87.7 Å². The van der Waals surface area contributed by atoms with Crippen molar-refractivity contribution in [3.05, 3.63) is 42.0 Å². The molecule has 2 aromatic rings. The van der Waals surface area contributed by atoms with Gasteiger partial charge in [-0.15, -0.1) is 11.7 Å². The van der Waals surface area contributed by atoms with Gasteiger partial charge in [0.25, 0.3) is 0 Å². The number of aromatic nitrogens is 4. The third kappa shape index (κ3) is 5.16. The van der Waals surface area contributed by atoms with Crippen LogP contribution in [0.1, 0.15) is 17.5 Å². The third-order valence-corrected chi connectivity index (χ3v) is 4.33. The Balaban J connectivity index is 2.14. The highest BCUT2D eigenvalue weighted by atomic mass is 32.2. The van der Waals surface area contributed by atoms with Crippen LogP contribution in [0.4, 0.5) is 5.69 Å². The molecule has 0 saturated heterocycles.